The van der Waals surface area contributed by atoms with Crippen LogP contribution >= 0.6 is 0 Å². The topological polar surface area (TPSA) is 42.0 Å². The van der Waals surface area contributed by atoms with Crippen LogP contribution in [-0.4, -0.2) is 17.4 Å². The maximum Gasteiger partial charge on any atom is 0.226 e. The molecule has 21 heavy (non-hydrogen) atoms. The summed E-state index contributed by atoms with van der Waals surface area (Å²) in [7, 11) is 0. The molecule has 1 aromatic carbocycles. The molecule has 2 saturated carbocycles. The average molecular weight is 280 g/mol. The monoisotopic (exact) mass is 280 g/mol. The van der Waals surface area contributed by atoms with Gasteiger partial charge in [-0.25, -0.2) is 0 Å². The fourth-order valence-corrected chi connectivity index (χ4v) is 3.98. The molecule has 4 rings (SSSR count). The minimum Gasteiger partial charge on any atom is -0.355 e. The van der Waals surface area contributed by atoms with E-state index in [4.69, 9.17) is 0 Å². The summed E-state index contributed by atoms with van der Waals surface area (Å²) in [5, 5.41) is 4.32. The van der Waals surface area contributed by atoms with Crippen molar-refractivity contribution in [2.24, 2.45) is 11.3 Å². The summed E-state index contributed by atoms with van der Waals surface area (Å²) in [5.41, 5.74) is 2.29. The fourth-order valence-electron chi connectivity index (χ4n) is 3.98. The van der Waals surface area contributed by atoms with Crippen LogP contribution in [0.15, 0.2) is 36.5 Å². The summed E-state index contributed by atoms with van der Waals surface area (Å²) in [6.45, 7) is 0.711. The lowest BCUT2D eigenvalue weighted by Gasteiger charge is -2.13. The van der Waals surface area contributed by atoms with Gasteiger partial charge in [0, 0.05) is 18.1 Å². The van der Waals surface area contributed by atoms with E-state index in [-0.39, 0.29) is 11.3 Å². The van der Waals surface area contributed by atoms with Crippen LogP contribution in [0, 0.1) is 11.3 Å². The Bertz CT molecular complexity index is 691. The van der Waals surface area contributed by atoms with Crippen molar-refractivity contribution in [3.63, 3.8) is 0 Å². The Morgan fingerprint density at radius 1 is 1.33 bits per heavy atom. The number of aromatic nitrogens is 1. The van der Waals surface area contributed by atoms with Gasteiger partial charge < -0.3 is 5.32 Å². The predicted molar refractivity (Wildman–Crippen MR) is 82.8 cm³/mol. The third kappa shape index (κ3) is 2.11. The molecule has 2 unspecified atom stereocenters. The molecular weight excluding hydrogens is 260 g/mol. The molecule has 1 amide bonds. The van der Waals surface area contributed by atoms with Crippen LogP contribution in [0.2, 0.25) is 0 Å². The van der Waals surface area contributed by atoms with E-state index in [9.17, 15) is 4.79 Å². The largest absolute Gasteiger partial charge is 0.355 e. The summed E-state index contributed by atoms with van der Waals surface area (Å²) >= 11 is 0. The fraction of sp³-hybridized carbons (Fsp3) is 0.444. The molecule has 1 N–H and O–H groups in total. The lowest BCUT2D eigenvalue weighted by atomic mass is 10.0. The maximum atomic E-state index is 12.3. The zero-order valence-corrected chi connectivity index (χ0v) is 12.1. The van der Waals surface area contributed by atoms with Crippen LogP contribution in [0.4, 0.5) is 0 Å². The number of para-hydroxylation sites is 1. The minimum atomic E-state index is 0.0248. The lowest BCUT2D eigenvalue weighted by molar-refractivity contribution is -0.126. The summed E-state index contributed by atoms with van der Waals surface area (Å²) in [5.74, 6) is 0.968. The Morgan fingerprint density at radius 3 is 3.05 bits per heavy atom. The number of nitrogens with zero attached hydrogens (tertiary/aromatic N) is 1. The Kier molecular flexibility index (Phi) is 2.95. The van der Waals surface area contributed by atoms with E-state index in [2.05, 4.69) is 34.6 Å². The van der Waals surface area contributed by atoms with E-state index in [1.54, 1.807) is 0 Å². The van der Waals surface area contributed by atoms with Gasteiger partial charge in [-0.05, 0) is 43.2 Å². The van der Waals surface area contributed by atoms with Crippen molar-refractivity contribution >= 4 is 16.8 Å². The third-order valence-electron chi connectivity index (χ3n) is 5.26. The molecule has 2 fully saturated rings. The molecule has 1 heterocycles. The van der Waals surface area contributed by atoms with Gasteiger partial charge in [-0.1, -0.05) is 30.7 Å². The highest BCUT2D eigenvalue weighted by atomic mass is 16.2. The molecule has 0 radical (unpaired) electrons. The first-order chi connectivity index (χ1) is 10.3. The van der Waals surface area contributed by atoms with Gasteiger partial charge in [0.1, 0.15) is 0 Å². The second-order valence-corrected chi connectivity index (χ2v) is 6.45. The quantitative estimate of drug-likeness (QED) is 0.935. The number of hydrogen-bond acceptors (Lipinski definition) is 2. The van der Waals surface area contributed by atoms with Gasteiger partial charge in [0.15, 0.2) is 0 Å². The predicted octanol–water partition coefficient (Wildman–Crippen LogP) is 3.08. The van der Waals surface area contributed by atoms with Gasteiger partial charge in [0.25, 0.3) is 0 Å². The summed E-state index contributed by atoms with van der Waals surface area (Å²) in [4.78, 5) is 16.8. The van der Waals surface area contributed by atoms with E-state index < -0.39 is 0 Å². The van der Waals surface area contributed by atoms with Crippen LogP contribution in [-0.2, 0) is 11.2 Å². The van der Waals surface area contributed by atoms with Crippen LogP contribution in [0.1, 0.15) is 31.2 Å². The summed E-state index contributed by atoms with van der Waals surface area (Å²) < 4.78 is 0. The molecule has 3 nitrogen and oxygen atoms in total. The first kappa shape index (κ1) is 12.8. The Hall–Kier alpha value is -1.90. The first-order valence-electron chi connectivity index (χ1n) is 7.90. The molecule has 2 aromatic rings. The van der Waals surface area contributed by atoms with Gasteiger partial charge in [-0.3, -0.25) is 9.78 Å². The summed E-state index contributed by atoms with van der Waals surface area (Å²) in [6.07, 6.45) is 7.37. The van der Waals surface area contributed by atoms with E-state index in [0.717, 1.165) is 30.2 Å². The number of rotatable bonds is 4. The highest BCUT2D eigenvalue weighted by Gasteiger charge is 2.61. The molecule has 0 saturated heterocycles. The zero-order chi connectivity index (χ0) is 14.3. The van der Waals surface area contributed by atoms with E-state index in [1.807, 2.05) is 12.3 Å². The van der Waals surface area contributed by atoms with Crippen molar-refractivity contribution < 1.29 is 4.79 Å². The molecule has 2 atom stereocenters. The Labute approximate surface area is 124 Å². The smallest absolute Gasteiger partial charge is 0.226 e. The van der Waals surface area contributed by atoms with Crippen LogP contribution in [0.5, 0.6) is 0 Å². The average Bonchev–Trinajstić information content (AvgIpc) is 3.09. The lowest BCUT2D eigenvalue weighted by Crippen LogP contribution is -2.33. The second-order valence-electron chi connectivity index (χ2n) is 6.45. The van der Waals surface area contributed by atoms with Crippen molar-refractivity contribution in [3.8, 4) is 0 Å². The van der Waals surface area contributed by atoms with Gasteiger partial charge in [-0.2, -0.15) is 0 Å². The van der Waals surface area contributed by atoms with Crippen LogP contribution in [0.25, 0.3) is 10.9 Å². The number of hydrogen-bond donors (Lipinski definition) is 1. The van der Waals surface area contributed by atoms with Crippen LogP contribution in [0.3, 0.4) is 0 Å². The van der Waals surface area contributed by atoms with Gasteiger partial charge >= 0.3 is 0 Å². The zero-order valence-electron chi connectivity index (χ0n) is 12.1. The highest BCUT2D eigenvalue weighted by molar-refractivity contribution is 5.86. The number of benzene rings is 1. The number of carbonyl (C=O) groups is 1. The molecular formula is C18H20N2O. The highest BCUT2D eigenvalue weighted by Crippen LogP contribution is 2.63. The summed E-state index contributed by atoms with van der Waals surface area (Å²) in [6, 6.07) is 10.3. The van der Waals surface area contributed by atoms with Crippen molar-refractivity contribution in [1.29, 1.82) is 0 Å². The molecule has 0 bridgehead atoms. The van der Waals surface area contributed by atoms with Crippen LogP contribution < -0.4 is 5.32 Å². The molecule has 0 aliphatic heterocycles. The Morgan fingerprint density at radius 2 is 2.24 bits per heavy atom. The third-order valence-corrected chi connectivity index (χ3v) is 5.26. The maximum absolute atomic E-state index is 12.3. The van der Waals surface area contributed by atoms with Gasteiger partial charge in [0.05, 0.1) is 10.9 Å². The molecule has 2 aliphatic rings. The number of nitrogens with one attached hydrogen (secondary N) is 1. The number of amides is 1. The number of carbonyl (C=O) groups excluding carboxylic acids is 1. The molecule has 0 spiro atoms. The number of fused-ring (bicyclic) bond motifs is 2. The normalized spacial score (nSPS) is 26.6. The van der Waals surface area contributed by atoms with E-state index >= 15 is 0 Å². The van der Waals surface area contributed by atoms with Crippen molar-refractivity contribution in [2.45, 2.75) is 32.1 Å². The minimum absolute atomic E-state index is 0.0248. The van der Waals surface area contributed by atoms with Crippen molar-refractivity contribution in [1.82, 2.24) is 10.3 Å². The van der Waals surface area contributed by atoms with Gasteiger partial charge in [0.2, 0.25) is 5.91 Å². The second kappa shape index (κ2) is 4.83. The molecule has 3 heteroatoms. The standard InChI is InChI=1S/C18H20N2O/c21-17(18-9-2-7-15(18)12-18)20-11-8-14-5-1-4-13-6-3-10-19-16(13)14/h1,3-6,10,15H,2,7-9,11-12H2,(H,20,21). The Balaban J connectivity index is 1.41. The SMILES string of the molecule is O=C(NCCc1cccc2cccnc12)C12CCCC1C2. The van der Waals surface area contributed by atoms with E-state index in [0.29, 0.717) is 12.5 Å². The first-order valence-corrected chi connectivity index (χ1v) is 7.90. The van der Waals surface area contributed by atoms with Gasteiger partial charge in [-0.15, -0.1) is 0 Å². The van der Waals surface area contributed by atoms with E-state index in [1.165, 1.54) is 18.4 Å². The van der Waals surface area contributed by atoms with Crippen molar-refractivity contribution in [3.05, 3.63) is 42.1 Å². The molecule has 108 valence electrons. The number of pyridine rings is 1. The molecule has 1 aromatic heterocycles. The van der Waals surface area contributed by atoms with Crippen molar-refractivity contribution in [2.75, 3.05) is 6.54 Å². The molecule has 2 aliphatic carbocycles.